The first-order valence-electron chi connectivity index (χ1n) is 9.94. The number of rotatable bonds is 4. The molecule has 29 heavy (non-hydrogen) atoms. The van der Waals surface area contributed by atoms with Gasteiger partial charge in [-0.25, -0.2) is 4.68 Å². The summed E-state index contributed by atoms with van der Waals surface area (Å²) in [5.74, 6) is -0.284. The molecular formula is C23H22N4O2. The Kier molecular flexibility index (Phi) is 4.19. The van der Waals surface area contributed by atoms with Crippen molar-refractivity contribution in [3.05, 3.63) is 83.2 Å². The molecule has 1 aliphatic carbocycles. The van der Waals surface area contributed by atoms with Crippen molar-refractivity contribution in [1.82, 2.24) is 14.7 Å². The SMILES string of the molecule is NC(=O)[C@@H]1Cc2ccccc2CN1C(=O)c1cc(C2CC2)nn1-c1ccccc1. The van der Waals surface area contributed by atoms with Crippen molar-refractivity contribution in [3.8, 4) is 5.69 Å². The van der Waals surface area contributed by atoms with Crippen LogP contribution in [0, 0.1) is 0 Å². The van der Waals surface area contributed by atoms with E-state index in [0.29, 0.717) is 24.6 Å². The van der Waals surface area contributed by atoms with Crippen molar-refractivity contribution in [2.75, 3.05) is 0 Å². The lowest BCUT2D eigenvalue weighted by Crippen LogP contribution is -2.51. The van der Waals surface area contributed by atoms with Crippen molar-refractivity contribution in [2.24, 2.45) is 5.73 Å². The number of amides is 2. The number of carbonyl (C=O) groups is 2. The molecule has 0 unspecified atom stereocenters. The number of nitrogens with two attached hydrogens (primary N) is 1. The van der Waals surface area contributed by atoms with Crippen LogP contribution in [0.15, 0.2) is 60.7 Å². The maximum Gasteiger partial charge on any atom is 0.273 e. The molecule has 0 spiro atoms. The molecule has 146 valence electrons. The third-order valence-corrected chi connectivity index (χ3v) is 5.78. The van der Waals surface area contributed by atoms with Gasteiger partial charge in [-0.3, -0.25) is 9.59 Å². The minimum Gasteiger partial charge on any atom is -0.368 e. The van der Waals surface area contributed by atoms with Gasteiger partial charge < -0.3 is 10.6 Å². The van der Waals surface area contributed by atoms with Gasteiger partial charge in [-0.05, 0) is 42.2 Å². The fraction of sp³-hybridized carbons (Fsp3) is 0.261. The number of benzene rings is 2. The molecule has 2 N–H and O–H groups in total. The smallest absolute Gasteiger partial charge is 0.273 e. The fourth-order valence-electron chi connectivity index (χ4n) is 4.03. The minimum absolute atomic E-state index is 0.216. The van der Waals surface area contributed by atoms with Gasteiger partial charge in [0, 0.05) is 18.9 Å². The maximum absolute atomic E-state index is 13.6. The zero-order chi connectivity index (χ0) is 20.0. The molecule has 1 saturated carbocycles. The van der Waals surface area contributed by atoms with E-state index in [2.05, 4.69) is 0 Å². The van der Waals surface area contributed by atoms with Crippen LogP contribution in [0.5, 0.6) is 0 Å². The zero-order valence-electron chi connectivity index (χ0n) is 16.0. The summed E-state index contributed by atoms with van der Waals surface area (Å²) in [6.45, 7) is 0.362. The summed E-state index contributed by atoms with van der Waals surface area (Å²) in [7, 11) is 0. The van der Waals surface area contributed by atoms with Crippen LogP contribution in [0.3, 0.4) is 0 Å². The summed E-state index contributed by atoms with van der Waals surface area (Å²) < 4.78 is 1.70. The predicted molar refractivity (Wildman–Crippen MR) is 109 cm³/mol. The van der Waals surface area contributed by atoms with Crippen molar-refractivity contribution in [1.29, 1.82) is 0 Å². The second-order valence-corrected chi connectivity index (χ2v) is 7.80. The van der Waals surface area contributed by atoms with Crippen LogP contribution >= 0.6 is 0 Å². The molecule has 0 saturated heterocycles. The first-order chi connectivity index (χ1) is 14.1. The number of hydrogen-bond acceptors (Lipinski definition) is 3. The van der Waals surface area contributed by atoms with Crippen molar-refractivity contribution >= 4 is 11.8 Å². The fourth-order valence-corrected chi connectivity index (χ4v) is 4.03. The van der Waals surface area contributed by atoms with Gasteiger partial charge in [0.05, 0.1) is 11.4 Å². The quantitative estimate of drug-likeness (QED) is 0.749. The van der Waals surface area contributed by atoms with Crippen molar-refractivity contribution < 1.29 is 9.59 Å². The van der Waals surface area contributed by atoms with E-state index in [9.17, 15) is 9.59 Å². The van der Waals surface area contributed by atoms with E-state index < -0.39 is 11.9 Å². The summed E-state index contributed by atoms with van der Waals surface area (Å²) in [4.78, 5) is 27.4. The Balaban J connectivity index is 1.57. The van der Waals surface area contributed by atoms with E-state index >= 15 is 0 Å². The van der Waals surface area contributed by atoms with Crippen molar-refractivity contribution in [2.45, 2.75) is 37.8 Å². The molecule has 0 radical (unpaired) electrons. The van der Waals surface area contributed by atoms with E-state index in [1.165, 1.54) is 0 Å². The summed E-state index contributed by atoms with van der Waals surface area (Å²) in [6, 6.07) is 18.7. The van der Waals surface area contributed by atoms with Crippen LogP contribution in [0.2, 0.25) is 0 Å². The third-order valence-electron chi connectivity index (χ3n) is 5.78. The van der Waals surface area contributed by atoms with Crippen LogP contribution in [-0.2, 0) is 17.8 Å². The van der Waals surface area contributed by atoms with Gasteiger partial charge in [0.25, 0.3) is 5.91 Å². The average molecular weight is 386 g/mol. The van der Waals surface area contributed by atoms with Crippen LogP contribution < -0.4 is 5.73 Å². The topological polar surface area (TPSA) is 81.2 Å². The Morgan fingerprint density at radius 1 is 0.966 bits per heavy atom. The lowest BCUT2D eigenvalue weighted by molar-refractivity contribution is -0.122. The minimum atomic E-state index is -0.666. The Morgan fingerprint density at radius 3 is 2.34 bits per heavy atom. The van der Waals surface area contributed by atoms with Crippen molar-refractivity contribution in [3.63, 3.8) is 0 Å². The standard InChI is InChI=1S/C23H22N4O2/c24-22(28)20-12-16-6-4-5-7-17(16)14-26(20)23(29)21-13-19(15-10-11-15)25-27(21)18-8-2-1-3-9-18/h1-9,13,15,20H,10-12,14H2,(H2,24,28)/t20-/m0/s1. The number of carbonyl (C=O) groups excluding carboxylic acids is 2. The highest BCUT2D eigenvalue weighted by Crippen LogP contribution is 2.40. The second kappa shape index (κ2) is 6.88. The normalized spacial score (nSPS) is 18.3. The van der Waals surface area contributed by atoms with Gasteiger partial charge in [-0.2, -0.15) is 5.10 Å². The van der Waals surface area contributed by atoms with E-state index in [-0.39, 0.29) is 5.91 Å². The highest BCUT2D eigenvalue weighted by Gasteiger charge is 2.36. The molecule has 1 aliphatic heterocycles. The van der Waals surface area contributed by atoms with E-state index in [0.717, 1.165) is 35.3 Å². The summed E-state index contributed by atoms with van der Waals surface area (Å²) >= 11 is 0. The van der Waals surface area contributed by atoms with E-state index in [4.69, 9.17) is 10.8 Å². The number of hydrogen-bond donors (Lipinski definition) is 1. The van der Waals surface area contributed by atoms with Crippen LogP contribution in [0.25, 0.3) is 5.69 Å². The highest BCUT2D eigenvalue weighted by molar-refractivity contribution is 5.97. The molecule has 6 nitrogen and oxygen atoms in total. The summed E-state index contributed by atoms with van der Waals surface area (Å²) in [6.07, 6.45) is 2.63. The van der Waals surface area contributed by atoms with Gasteiger partial charge >= 0.3 is 0 Å². The highest BCUT2D eigenvalue weighted by atomic mass is 16.2. The lowest BCUT2D eigenvalue weighted by atomic mass is 9.93. The Hall–Kier alpha value is -3.41. The number of primary amides is 1. The monoisotopic (exact) mass is 386 g/mol. The second-order valence-electron chi connectivity index (χ2n) is 7.80. The molecule has 1 atom stereocenters. The molecule has 2 heterocycles. The summed E-state index contributed by atoms with van der Waals surface area (Å²) in [5, 5.41) is 4.73. The number of para-hydroxylation sites is 1. The van der Waals surface area contributed by atoms with Crippen LogP contribution in [0.1, 0.15) is 46.1 Å². The first kappa shape index (κ1) is 17.7. The Morgan fingerprint density at radius 2 is 1.66 bits per heavy atom. The van der Waals surface area contributed by atoms with Gasteiger partial charge in [-0.1, -0.05) is 42.5 Å². The van der Waals surface area contributed by atoms with Gasteiger partial charge in [0.1, 0.15) is 11.7 Å². The molecule has 2 aromatic carbocycles. The maximum atomic E-state index is 13.6. The molecule has 1 aromatic heterocycles. The number of fused-ring (bicyclic) bond motifs is 1. The van der Waals surface area contributed by atoms with E-state index in [1.807, 2.05) is 60.7 Å². The van der Waals surface area contributed by atoms with Gasteiger partial charge in [-0.15, -0.1) is 0 Å². The molecule has 0 bridgehead atoms. The third kappa shape index (κ3) is 3.20. The largest absolute Gasteiger partial charge is 0.368 e. The van der Waals surface area contributed by atoms with E-state index in [1.54, 1.807) is 9.58 Å². The average Bonchev–Trinajstić information content (AvgIpc) is 3.51. The Bertz CT molecular complexity index is 1090. The van der Waals surface area contributed by atoms with Crippen LogP contribution in [-0.4, -0.2) is 32.5 Å². The number of aromatic nitrogens is 2. The summed E-state index contributed by atoms with van der Waals surface area (Å²) in [5.41, 5.74) is 10.0. The zero-order valence-corrected chi connectivity index (χ0v) is 16.0. The molecule has 5 rings (SSSR count). The molecule has 3 aromatic rings. The molecule has 2 aliphatic rings. The molecular weight excluding hydrogens is 364 g/mol. The van der Waals surface area contributed by atoms with Gasteiger partial charge in [0.15, 0.2) is 0 Å². The van der Waals surface area contributed by atoms with Crippen LogP contribution in [0.4, 0.5) is 0 Å². The lowest BCUT2D eigenvalue weighted by Gasteiger charge is -2.35. The predicted octanol–water partition coefficient (Wildman–Crippen LogP) is 2.80. The Labute approximate surface area is 168 Å². The molecule has 6 heteroatoms. The molecule has 1 fully saturated rings. The van der Waals surface area contributed by atoms with Gasteiger partial charge in [0.2, 0.25) is 5.91 Å². The molecule has 2 amide bonds. The first-order valence-corrected chi connectivity index (χ1v) is 9.94. The number of nitrogens with zero attached hydrogens (tertiary/aromatic N) is 3.